The quantitative estimate of drug-likeness (QED) is 0.411. The fourth-order valence-corrected chi connectivity index (χ4v) is 5.03. The van der Waals surface area contributed by atoms with E-state index in [1.165, 1.54) is 14.0 Å². The molecular formula is C30H33NO6. The Kier molecular flexibility index (Phi) is 7.81. The molecule has 0 spiro atoms. The molecule has 0 amide bonds. The number of allylic oxidation sites excluding steroid dienone is 3. The molecule has 2 aromatic rings. The maximum absolute atomic E-state index is 13.7. The fraction of sp³-hybridized carbons (Fsp3) is 0.367. The summed E-state index contributed by atoms with van der Waals surface area (Å²) in [4.78, 5) is 38.7. The largest absolute Gasteiger partial charge is 0.493 e. The van der Waals surface area contributed by atoms with Crippen LogP contribution in [0.4, 0.5) is 0 Å². The average molecular weight is 504 g/mol. The Morgan fingerprint density at radius 3 is 2.41 bits per heavy atom. The van der Waals surface area contributed by atoms with Gasteiger partial charge in [-0.1, -0.05) is 50.2 Å². The van der Waals surface area contributed by atoms with E-state index in [9.17, 15) is 14.4 Å². The molecule has 194 valence electrons. The van der Waals surface area contributed by atoms with Crippen molar-refractivity contribution in [2.45, 2.75) is 52.4 Å². The zero-order valence-electron chi connectivity index (χ0n) is 21.9. The molecule has 0 fully saturated rings. The van der Waals surface area contributed by atoms with E-state index in [4.69, 9.17) is 14.2 Å². The Morgan fingerprint density at radius 1 is 1.03 bits per heavy atom. The second-order valence-corrected chi connectivity index (χ2v) is 9.92. The fourth-order valence-electron chi connectivity index (χ4n) is 5.03. The number of ether oxygens (including phenoxy) is 3. The highest BCUT2D eigenvalue weighted by Gasteiger charge is 2.41. The molecule has 4 rings (SSSR count). The highest BCUT2D eigenvalue weighted by Crippen LogP contribution is 2.47. The second kappa shape index (κ2) is 11.0. The first-order valence-corrected chi connectivity index (χ1v) is 12.5. The summed E-state index contributed by atoms with van der Waals surface area (Å²) >= 11 is 0. The van der Waals surface area contributed by atoms with E-state index in [2.05, 4.69) is 5.32 Å². The van der Waals surface area contributed by atoms with Crippen LogP contribution in [0.5, 0.6) is 11.5 Å². The molecule has 2 aromatic carbocycles. The van der Waals surface area contributed by atoms with E-state index in [0.717, 1.165) is 11.3 Å². The lowest BCUT2D eigenvalue weighted by atomic mass is 9.71. The molecule has 0 aromatic heterocycles. The standard InChI is InChI=1S/C30H33NO6/c1-17(2)16-36-30(34)27-18(3)31-23-13-22(20-9-7-6-8-10-20)14-24(33)29(23)28(27)21-11-12-25(37-19(4)32)26(15-21)35-5/h6-12,15,17,22,28,31H,13-14,16H2,1-5H3/t22-,28+/m1/s1. The van der Waals surface area contributed by atoms with Gasteiger partial charge < -0.3 is 19.5 Å². The minimum absolute atomic E-state index is 0.0164. The van der Waals surface area contributed by atoms with Gasteiger partial charge >= 0.3 is 11.9 Å². The van der Waals surface area contributed by atoms with Crippen LogP contribution < -0.4 is 14.8 Å². The summed E-state index contributed by atoms with van der Waals surface area (Å²) in [5.41, 5.74) is 4.23. The molecule has 7 nitrogen and oxygen atoms in total. The van der Waals surface area contributed by atoms with Crippen LogP contribution in [0.15, 0.2) is 71.1 Å². The van der Waals surface area contributed by atoms with Gasteiger partial charge in [0.15, 0.2) is 17.3 Å². The number of rotatable bonds is 7. The summed E-state index contributed by atoms with van der Waals surface area (Å²) < 4.78 is 16.4. The zero-order valence-corrected chi connectivity index (χ0v) is 21.9. The minimum atomic E-state index is -0.639. The third-order valence-corrected chi connectivity index (χ3v) is 6.64. The molecule has 0 saturated carbocycles. The zero-order chi connectivity index (χ0) is 26.7. The van der Waals surface area contributed by atoms with E-state index in [0.29, 0.717) is 41.0 Å². The second-order valence-electron chi connectivity index (χ2n) is 9.92. The van der Waals surface area contributed by atoms with Gasteiger partial charge in [-0.3, -0.25) is 9.59 Å². The molecule has 1 heterocycles. The molecule has 0 radical (unpaired) electrons. The van der Waals surface area contributed by atoms with E-state index in [1.54, 1.807) is 18.2 Å². The molecule has 2 aliphatic rings. The summed E-state index contributed by atoms with van der Waals surface area (Å²) in [6.07, 6.45) is 0.993. The van der Waals surface area contributed by atoms with Gasteiger partial charge in [-0.15, -0.1) is 0 Å². The highest BCUT2D eigenvalue weighted by molar-refractivity contribution is 6.04. The number of nitrogens with one attached hydrogen (secondary N) is 1. The number of benzene rings is 2. The van der Waals surface area contributed by atoms with Crippen LogP contribution in [0.1, 0.15) is 63.5 Å². The van der Waals surface area contributed by atoms with E-state index in [1.807, 2.05) is 51.1 Å². The lowest BCUT2D eigenvalue weighted by Crippen LogP contribution is -2.36. The monoisotopic (exact) mass is 503 g/mol. The number of hydrogen-bond acceptors (Lipinski definition) is 7. The Hall–Kier alpha value is -3.87. The Morgan fingerprint density at radius 2 is 1.76 bits per heavy atom. The van der Waals surface area contributed by atoms with Gasteiger partial charge in [0.1, 0.15) is 0 Å². The predicted octanol–water partition coefficient (Wildman–Crippen LogP) is 5.18. The molecule has 37 heavy (non-hydrogen) atoms. The Labute approximate surface area is 217 Å². The van der Waals surface area contributed by atoms with Crippen molar-refractivity contribution < 1.29 is 28.6 Å². The molecular weight excluding hydrogens is 470 g/mol. The average Bonchev–Trinajstić information content (AvgIpc) is 2.86. The number of Topliss-reactive ketones (excluding diaryl/α,β-unsaturated/α-hetero) is 1. The van der Waals surface area contributed by atoms with Crippen molar-refractivity contribution >= 4 is 17.7 Å². The molecule has 0 saturated heterocycles. The lowest BCUT2D eigenvalue weighted by molar-refractivity contribution is -0.140. The number of methoxy groups -OCH3 is 1. The summed E-state index contributed by atoms with van der Waals surface area (Å²) in [5, 5.41) is 3.37. The van der Waals surface area contributed by atoms with Crippen molar-refractivity contribution in [3.8, 4) is 11.5 Å². The normalized spacial score (nSPS) is 19.4. The topological polar surface area (TPSA) is 90.9 Å². The SMILES string of the molecule is COc1cc([C@H]2C(C(=O)OCC(C)C)=C(C)NC3=C2C(=O)C[C@H](c2ccccc2)C3)ccc1OC(C)=O. The Balaban J connectivity index is 1.81. The first-order chi connectivity index (χ1) is 17.7. The molecule has 7 heteroatoms. The smallest absolute Gasteiger partial charge is 0.336 e. The molecule has 0 unspecified atom stereocenters. The summed E-state index contributed by atoms with van der Waals surface area (Å²) in [6.45, 7) is 7.37. The van der Waals surface area contributed by atoms with Crippen molar-refractivity contribution in [2.24, 2.45) is 5.92 Å². The van der Waals surface area contributed by atoms with Gasteiger partial charge in [0, 0.05) is 36.2 Å². The van der Waals surface area contributed by atoms with Gasteiger partial charge in [0.2, 0.25) is 0 Å². The summed E-state index contributed by atoms with van der Waals surface area (Å²) in [5.74, 6) is -0.767. The van der Waals surface area contributed by atoms with Crippen LogP contribution in [0.3, 0.4) is 0 Å². The summed E-state index contributed by atoms with van der Waals surface area (Å²) in [7, 11) is 1.48. The summed E-state index contributed by atoms with van der Waals surface area (Å²) in [6, 6.07) is 15.1. The number of hydrogen-bond donors (Lipinski definition) is 1. The Bertz CT molecular complexity index is 1270. The third-order valence-electron chi connectivity index (χ3n) is 6.64. The van der Waals surface area contributed by atoms with Crippen LogP contribution >= 0.6 is 0 Å². The van der Waals surface area contributed by atoms with Crippen molar-refractivity contribution in [2.75, 3.05) is 13.7 Å². The number of carbonyl (C=O) groups is 3. The highest BCUT2D eigenvalue weighted by atomic mass is 16.6. The van der Waals surface area contributed by atoms with Crippen LogP contribution in [-0.2, 0) is 19.1 Å². The van der Waals surface area contributed by atoms with Gasteiger partial charge in [0.05, 0.1) is 19.3 Å². The van der Waals surface area contributed by atoms with E-state index < -0.39 is 17.9 Å². The lowest BCUT2D eigenvalue weighted by Gasteiger charge is -2.37. The van der Waals surface area contributed by atoms with E-state index >= 15 is 0 Å². The van der Waals surface area contributed by atoms with Crippen molar-refractivity contribution in [3.05, 3.63) is 82.2 Å². The maximum Gasteiger partial charge on any atom is 0.336 e. The van der Waals surface area contributed by atoms with Crippen molar-refractivity contribution in [1.29, 1.82) is 0 Å². The first kappa shape index (κ1) is 26.2. The van der Waals surface area contributed by atoms with Crippen LogP contribution in [0.25, 0.3) is 0 Å². The van der Waals surface area contributed by atoms with Crippen molar-refractivity contribution in [3.63, 3.8) is 0 Å². The van der Waals surface area contributed by atoms with E-state index in [-0.39, 0.29) is 30.0 Å². The number of esters is 2. The number of ketones is 1. The molecule has 1 aliphatic heterocycles. The molecule has 1 N–H and O–H groups in total. The minimum Gasteiger partial charge on any atom is -0.493 e. The maximum atomic E-state index is 13.7. The molecule has 1 aliphatic carbocycles. The predicted molar refractivity (Wildman–Crippen MR) is 139 cm³/mol. The van der Waals surface area contributed by atoms with Gasteiger partial charge in [-0.05, 0) is 48.4 Å². The molecule has 0 bridgehead atoms. The van der Waals surface area contributed by atoms with Crippen LogP contribution in [0, 0.1) is 5.92 Å². The molecule has 2 atom stereocenters. The van der Waals surface area contributed by atoms with Crippen LogP contribution in [0.2, 0.25) is 0 Å². The van der Waals surface area contributed by atoms with Crippen LogP contribution in [-0.4, -0.2) is 31.4 Å². The first-order valence-electron chi connectivity index (χ1n) is 12.5. The number of dihydropyridines is 1. The van der Waals surface area contributed by atoms with Gasteiger partial charge in [-0.25, -0.2) is 4.79 Å². The van der Waals surface area contributed by atoms with Crippen molar-refractivity contribution in [1.82, 2.24) is 5.32 Å². The van der Waals surface area contributed by atoms with Gasteiger partial charge in [-0.2, -0.15) is 0 Å². The third kappa shape index (κ3) is 5.61. The number of carbonyl (C=O) groups excluding carboxylic acids is 3. The van der Waals surface area contributed by atoms with Gasteiger partial charge in [0.25, 0.3) is 0 Å².